The van der Waals surface area contributed by atoms with E-state index in [1.807, 2.05) is 0 Å². The van der Waals surface area contributed by atoms with Crippen molar-refractivity contribution >= 4 is 0 Å². The third-order valence-corrected chi connectivity index (χ3v) is 1.53. The zero-order chi connectivity index (χ0) is 12.3. The van der Waals surface area contributed by atoms with E-state index in [1.54, 1.807) is 0 Å². The van der Waals surface area contributed by atoms with Gasteiger partial charge in [-0.1, -0.05) is 6.58 Å². The van der Waals surface area contributed by atoms with Crippen LogP contribution >= 0.6 is 0 Å². The lowest BCUT2D eigenvalue weighted by Gasteiger charge is -2.33. The molecule has 0 amide bonds. The molecule has 15 heavy (non-hydrogen) atoms. The van der Waals surface area contributed by atoms with Crippen molar-refractivity contribution in [3.05, 3.63) is 12.7 Å². The zero-order valence-corrected chi connectivity index (χ0v) is 7.58. The van der Waals surface area contributed by atoms with Gasteiger partial charge >= 0.3 is 12.4 Å². The molecule has 2 nitrogen and oxygen atoms in total. The molecular weight excluding hydrogens is 230 g/mol. The second kappa shape index (κ2) is 4.40. The van der Waals surface area contributed by atoms with Crippen molar-refractivity contribution in [3.63, 3.8) is 0 Å². The Kier molecular flexibility index (Phi) is 4.17. The van der Waals surface area contributed by atoms with Gasteiger partial charge < -0.3 is 9.47 Å². The molecule has 0 spiro atoms. The Morgan fingerprint density at radius 2 is 1.47 bits per heavy atom. The molecule has 0 aliphatic heterocycles. The van der Waals surface area contributed by atoms with Crippen LogP contribution in [0.3, 0.4) is 0 Å². The molecule has 0 aromatic rings. The average molecular weight is 238 g/mol. The maximum absolute atomic E-state index is 12.2. The lowest BCUT2D eigenvalue weighted by molar-refractivity contribution is -0.372. The molecule has 0 heterocycles. The molecule has 8 heteroatoms. The van der Waals surface area contributed by atoms with Gasteiger partial charge in [-0.3, -0.25) is 0 Å². The van der Waals surface area contributed by atoms with E-state index in [1.165, 1.54) is 0 Å². The topological polar surface area (TPSA) is 18.5 Å². The number of methoxy groups -OCH3 is 1. The van der Waals surface area contributed by atoms with Crippen LogP contribution in [0.4, 0.5) is 26.3 Å². The molecule has 0 saturated carbocycles. The number of alkyl halides is 6. The zero-order valence-electron chi connectivity index (χ0n) is 7.58. The van der Waals surface area contributed by atoms with Crippen molar-refractivity contribution in [3.8, 4) is 0 Å². The first kappa shape index (κ1) is 14.2. The Morgan fingerprint density at radius 3 is 1.67 bits per heavy atom. The van der Waals surface area contributed by atoms with Crippen molar-refractivity contribution in [1.29, 1.82) is 0 Å². The average Bonchev–Trinajstić information content (AvgIpc) is 2.01. The normalized spacial score (nSPS) is 14.1. The van der Waals surface area contributed by atoms with E-state index >= 15 is 0 Å². The predicted octanol–water partition coefficient (Wildman–Crippen LogP) is 2.66. The lowest BCUT2D eigenvalue weighted by Crippen LogP contribution is -2.57. The smallest absolute Gasteiger partial charge is 0.359 e. The van der Waals surface area contributed by atoms with Crippen LogP contribution in [-0.2, 0) is 9.47 Å². The van der Waals surface area contributed by atoms with Gasteiger partial charge in [-0.2, -0.15) is 26.3 Å². The van der Waals surface area contributed by atoms with Crippen molar-refractivity contribution in [2.75, 3.05) is 13.9 Å². The molecule has 0 aliphatic carbocycles. The van der Waals surface area contributed by atoms with Crippen LogP contribution in [0.15, 0.2) is 12.7 Å². The molecule has 0 radical (unpaired) electrons. The highest BCUT2D eigenvalue weighted by atomic mass is 19.4. The van der Waals surface area contributed by atoms with Gasteiger partial charge in [0.15, 0.2) is 0 Å². The quantitative estimate of drug-likeness (QED) is 0.426. The van der Waals surface area contributed by atoms with Crippen LogP contribution in [0.25, 0.3) is 0 Å². The molecule has 90 valence electrons. The highest BCUT2D eigenvalue weighted by Crippen LogP contribution is 2.46. The third kappa shape index (κ3) is 2.63. The van der Waals surface area contributed by atoms with E-state index in [0.29, 0.717) is 0 Å². The van der Waals surface area contributed by atoms with Crippen LogP contribution in [0.2, 0.25) is 0 Å². The Balaban J connectivity index is 5.23. The van der Waals surface area contributed by atoms with Gasteiger partial charge in [0.2, 0.25) is 0 Å². The van der Waals surface area contributed by atoms with Gasteiger partial charge in [0, 0.05) is 7.11 Å². The number of rotatable bonds is 4. The Labute approximate surface area is 81.5 Å². The van der Waals surface area contributed by atoms with Crippen LogP contribution in [0.5, 0.6) is 0 Å². The summed E-state index contributed by atoms with van der Waals surface area (Å²) in [6.45, 7) is 1.35. The molecule has 0 fully saturated rings. The molecule has 0 atom stereocenters. The summed E-state index contributed by atoms with van der Waals surface area (Å²) in [5.41, 5.74) is -4.39. The van der Waals surface area contributed by atoms with Crippen molar-refractivity contribution in [2.45, 2.75) is 18.0 Å². The molecule has 0 aliphatic rings. The van der Waals surface area contributed by atoms with Gasteiger partial charge in [-0.25, -0.2) is 0 Å². The van der Waals surface area contributed by atoms with E-state index < -0.39 is 24.7 Å². The van der Waals surface area contributed by atoms with Gasteiger partial charge in [0.05, 0.1) is 0 Å². The maximum atomic E-state index is 12.2. The minimum Gasteiger partial charge on any atom is -0.359 e. The van der Waals surface area contributed by atoms with E-state index in [9.17, 15) is 26.3 Å². The molecule has 0 rings (SSSR count). The van der Waals surface area contributed by atoms with Gasteiger partial charge in [0.25, 0.3) is 5.60 Å². The van der Waals surface area contributed by atoms with E-state index in [4.69, 9.17) is 0 Å². The lowest BCUT2D eigenvalue weighted by atomic mass is 10.0. The second-order valence-electron chi connectivity index (χ2n) is 2.49. The van der Waals surface area contributed by atoms with Gasteiger partial charge in [0.1, 0.15) is 6.79 Å². The molecular formula is C7H8F6O2. The standard InChI is InChI=1S/C7H8F6O2/c1-3-5(6(8,9)10,7(11,12)13)15-4-14-2/h3H,1,4H2,2H3. The van der Waals surface area contributed by atoms with Crippen LogP contribution < -0.4 is 0 Å². The fourth-order valence-electron chi connectivity index (χ4n) is 0.767. The summed E-state index contributed by atoms with van der Waals surface area (Å²) in [6.07, 6.45) is -11.6. The highest BCUT2D eigenvalue weighted by molar-refractivity contribution is 5.08. The highest BCUT2D eigenvalue weighted by Gasteiger charge is 2.70. The number of ether oxygens (including phenoxy) is 2. The summed E-state index contributed by atoms with van der Waals surface area (Å²) >= 11 is 0. The summed E-state index contributed by atoms with van der Waals surface area (Å²) in [6, 6.07) is 0. The molecule has 0 N–H and O–H groups in total. The monoisotopic (exact) mass is 238 g/mol. The summed E-state index contributed by atoms with van der Waals surface area (Å²) in [4.78, 5) is 0. The first-order chi connectivity index (χ1) is 6.62. The maximum Gasteiger partial charge on any atom is 0.430 e. The number of hydrogen-bond acceptors (Lipinski definition) is 2. The van der Waals surface area contributed by atoms with Crippen molar-refractivity contribution in [1.82, 2.24) is 0 Å². The minimum atomic E-state index is -5.65. The second-order valence-corrected chi connectivity index (χ2v) is 2.49. The first-order valence-corrected chi connectivity index (χ1v) is 3.52. The third-order valence-electron chi connectivity index (χ3n) is 1.53. The minimum absolute atomic E-state index is 0.341. The van der Waals surface area contributed by atoms with Crippen molar-refractivity contribution in [2.24, 2.45) is 0 Å². The van der Waals surface area contributed by atoms with E-state index in [0.717, 1.165) is 7.11 Å². The summed E-state index contributed by atoms with van der Waals surface area (Å²) < 4.78 is 81.0. The van der Waals surface area contributed by atoms with Gasteiger partial charge in [-0.15, -0.1) is 0 Å². The number of halogens is 6. The molecule has 0 aromatic carbocycles. The Bertz CT molecular complexity index is 205. The van der Waals surface area contributed by atoms with Crippen LogP contribution in [-0.4, -0.2) is 31.9 Å². The fraction of sp³-hybridized carbons (Fsp3) is 0.714. The summed E-state index contributed by atoms with van der Waals surface area (Å²) in [7, 11) is 0.903. The molecule has 0 bridgehead atoms. The van der Waals surface area contributed by atoms with E-state index in [2.05, 4.69) is 16.1 Å². The SMILES string of the molecule is C=CC(OCOC)(C(F)(F)F)C(F)(F)F. The molecule has 0 aromatic heterocycles. The largest absolute Gasteiger partial charge is 0.430 e. The van der Waals surface area contributed by atoms with Gasteiger partial charge in [-0.05, 0) is 6.08 Å². The van der Waals surface area contributed by atoms with Crippen molar-refractivity contribution < 1.29 is 35.8 Å². The molecule has 0 unspecified atom stereocenters. The Hall–Kier alpha value is -0.760. The first-order valence-electron chi connectivity index (χ1n) is 3.52. The predicted molar refractivity (Wildman–Crippen MR) is 38.0 cm³/mol. The summed E-state index contributed by atoms with van der Waals surface area (Å²) in [5, 5.41) is 0. The fourth-order valence-corrected chi connectivity index (χ4v) is 0.767. The van der Waals surface area contributed by atoms with Crippen LogP contribution in [0, 0.1) is 0 Å². The molecule has 0 saturated heterocycles. The number of hydrogen-bond donors (Lipinski definition) is 0. The van der Waals surface area contributed by atoms with E-state index in [-0.39, 0.29) is 6.08 Å². The van der Waals surface area contributed by atoms with Crippen LogP contribution in [0.1, 0.15) is 0 Å². The summed E-state index contributed by atoms with van der Waals surface area (Å²) in [5.74, 6) is 0. The Morgan fingerprint density at radius 1 is 1.07 bits per heavy atom.